The molecule has 5 rings (SSSR count). The van der Waals surface area contributed by atoms with Gasteiger partial charge in [-0.1, -0.05) is 58.5 Å². The Morgan fingerprint density at radius 3 is 2.59 bits per heavy atom. The van der Waals surface area contributed by atoms with Crippen LogP contribution in [0.15, 0.2) is 36.5 Å². The van der Waals surface area contributed by atoms with E-state index in [0.29, 0.717) is 50.9 Å². The van der Waals surface area contributed by atoms with E-state index in [-0.39, 0.29) is 30.5 Å². The largest absolute Gasteiger partial charge is 0.485 e. The Hall–Kier alpha value is -1.78. The first-order chi connectivity index (χ1) is 19.6. The minimum Gasteiger partial charge on any atom is -0.485 e. The van der Waals surface area contributed by atoms with Gasteiger partial charge in [0.25, 0.3) is 0 Å². The van der Waals surface area contributed by atoms with Gasteiger partial charge in [0.2, 0.25) is 5.91 Å². The number of nitrogens with zero attached hydrogens (tertiary/aromatic N) is 3. The van der Waals surface area contributed by atoms with Crippen molar-refractivity contribution in [3.8, 4) is 5.75 Å². The van der Waals surface area contributed by atoms with Crippen LogP contribution in [0.25, 0.3) is 0 Å². The van der Waals surface area contributed by atoms with Crippen LogP contribution in [0.3, 0.4) is 0 Å². The zero-order valence-corrected chi connectivity index (χ0v) is 26.4. The maximum Gasteiger partial charge on any atom is 0.227 e. The van der Waals surface area contributed by atoms with E-state index in [2.05, 4.69) is 9.88 Å². The van der Waals surface area contributed by atoms with Gasteiger partial charge >= 0.3 is 0 Å². The van der Waals surface area contributed by atoms with Crippen LogP contribution in [-0.4, -0.2) is 52.7 Å². The standard InChI is InChI=1S/C29H32Cl4N4O3S/c1-16(38)18-10-24(31)27(25(32)11-18)40-21-7-8-36(15-21)29-35-13-22(41-29)9-19(12-34)28(39)37(20-5-6-20)14-17-3-2-4-23(30)26(17)33/h2-4,10-11,13,16,19-21,38H,5-9,12,14-15,34H2,1H3. The van der Waals surface area contributed by atoms with Crippen LogP contribution in [0, 0.1) is 5.92 Å². The van der Waals surface area contributed by atoms with Crippen LogP contribution in [0.5, 0.6) is 5.75 Å². The summed E-state index contributed by atoms with van der Waals surface area (Å²) < 4.78 is 6.17. The lowest BCUT2D eigenvalue weighted by Gasteiger charge is -2.27. The van der Waals surface area contributed by atoms with Gasteiger partial charge in [-0.3, -0.25) is 4.79 Å². The van der Waals surface area contributed by atoms with Crippen molar-refractivity contribution in [3.63, 3.8) is 0 Å². The summed E-state index contributed by atoms with van der Waals surface area (Å²) in [6, 6.07) is 9.06. The van der Waals surface area contributed by atoms with Crippen molar-refractivity contribution in [3.05, 3.63) is 72.6 Å². The molecule has 7 nitrogen and oxygen atoms in total. The number of rotatable bonds is 11. The number of anilines is 1. The van der Waals surface area contributed by atoms with Crippen LogP contribution in [0.2, 0.25) is 20.1 Å². The number of thiazole rings is 1. The maximum atomic E-state index is 13.6. The van der Waals surface area contributed by atoms with Crippen molar-refractivity contribution < 1.29 is 14.6 Å². The molecule has 220 valence electrons. The number of aliphatic hydroxyl groups excluding tert-OH is 1. The molecule has 0 spiro atoms. The van der Waals surface area contributed by atoms with Crippen molar-refractivity contribution >= 4 is 68.8 Å². The Kier molecular flexibility index (Phi) is 9.91. The first kappa shape index (κ1) is 30.7. The summed E-state index contributed by atoms with van der Waals surface area (Å²) in [5.41, 5.74) is 7.60. The Balaban J connectivity index is 1.21. The number of carbonyl (C=O) groups is 1. The summed E-state index contributed by atoms with van der Waals surface area (Å²) in [4.78, 5) is 23.4. The molecule has 2 heterocycles. The highest BCUT2D eigenvalue weighted by atomic mass is 35.5. The van der Waals surface area contributed by atoms with E-state index in [0.717, 1.165) is 41.4 Å². The number of ether oxygens (including phenoxy) is 1. The van der Waals surface area contributed by atoms with Crippen molar-refractivity contribution in [1.29, 1.82) is 0 Å². The number of amides is 1. The summed E-state index contributed by atoms with van der Waals surface area (Å²) in [6.07, 6.45) is 4.31. The van der Waals surface area contributed by atoms with Gasteiger partial charge in [-0.05, 0) is 55.5 Å². The zero-order valence-electron chi connectivity index (χ0n) is 22.5. The van der Waals surface area contributed by atoms with Gasteiger partial charge < -0.3 is 25.4 Å². The lowest BCUT2D eigenvalue weighted by molar-refractivity contribution is -0.136. The molecule has 12 heteroatoms. The maximum absolute atomic E-state index is 13.6. The van der Waals surface area contributed by atoms with Crippen LogP contribution in [0.4, 0.5) is 5.13 Å². The molecule has 41 heavy (non-hydrogen) atoms. The smallest absolute Gasteiger partial charge is 0.227 e. The Morgan fingerprint density at radius 1 is 1.20 bits per heavy atom. The molecule has 1 saturated carbocycles. The van der Waals surface area contributed by atoms with Gasteiger partial charge in [-0.2, -0.15) is 0 Å². The second-order valence-electron chi connectivity index (χ2n) is 10.6. The van der Waals surface area contributed by atoms with E-state index < -0.39 is 6.10 Å². The summed E-state index contributed by atoms with van der Waals surface area (Å²) >= 11 is 27.0. The van der Waals surface area contributed by atoms with Gasteiger partial charge in [-0.15, -0.1) is 11.3 Å². The Bertz CT molecular complexity index is 1380. The number of hydrogen-bond donors (Lipinski definition) is 2. The molecule has 1 amide bonds. The normalized spacial score (nSPS) is 18.4. The summed E-state index contributed by atoms with van der Waals surface area (Å²) in [5, 5.41) is 12.4. The molecule has 3 atom stereocenters. The molecule has 0 bridgehead atoms. The van der Waals surface area contributed by atoms with E-state index in [4.69, 9.17) is 56.9 Å². The first-order valence-corrected chi connectivity index (χ1v) is 15.9. The van der Waals surface area contributed by atoms with Crippen LogP contribution < -0.4 is 15.4 Å². The number of carbonyl (C=O) groups excluding carboxylic acids is 1. The number of aliphatic hydroxyl groups is 1. The molecule has 2 aromatic carbocycles. The SMILES string of the molecule is CC(O)c1cc(Cl)c(OC2CCN(c3ncc(CC(CN)C(=O)N(Cc4cccc(Cl)c4Cl)C4CC4)s3)C2)c(Cl)c1. The Morgan fingerprint density at radius 2 is 1.93 bits per heavy atom. The third-order valence-electron chi connectivity index (χ3n) is 7.47. The van der Waals surface area contributed by atoms with Crippen molar-refractivity contribution in [2.45, 2.75) is 57.4 Å². The fourth-order valence-electron chi connectivity index (χ4n) is 5.01. The number of benzene rings is 2. The zero-order chi connectivity index (χ0) is 29.3. The van der Waals surface area contributed by atoms with E-state index in [1.54, 1.807) is 36.5 Å². The molecule has 0 radical (unpaired) electrons. The van der Waals surface area contributed by atoms with Crippen molar-refractivity contribution in [2.24, 2.45) is 11.7 Å². The van der Waals surface area contributed by atoms with Crippen LogP contribution in [0.1, 0.15) is 48.3 Å². The number of halogens is 4. The highest BCUT2D eigenvalue weighted by Gasteiger charge is 2.36. The molecule has 1 aromatic heterocycles. The fourth-order valence-corrected chi connectivity index (χ4v) is 7.01. The summed E-state index contributed by atoms with van der Waals surface area (Å²) in [6.45, 7) is 3.72. The molecule has 3 unspecified atom stereocenters. The highest BCUT2D eigenvalue weighted by Crippen LogP contribution is 2.38. The Labute approximate surface area is 264 Å². The molecule has 1 saturated heterocycles. The van der Waals surface area contributed by atoms with E-state index in [1.165, 1.54) is 0 Å². The minimum atomic E-state index is -0.674. The molecule has 1 aliphatic carbocycles. The van der Waals surface area contributed by atoms with Crippen LogP contribution >= 0.6 is 57.7 Å². The third kappa shape index (κ3) is 7.24. The van der Waals surface area contributed by atoms with E-state index in [9.17, 15) is 9.90 Å². The molecule has 3 aromatic rings. The molecule has 2 aliphatic rings. The van der Waals surface area contributed by atoms with Gasteiger partial charge in [0.05, 0.1) is 38.7 Å². The summed E-state index contributed by atoms with van der Waals surface area (Å²) in [7, 11) is 0. The predicted molar refractivity (Wildman–Crippen MR) is 167 cm³/mol. The van der Waals surface area contributed by atoms with Gasteiger partial charge in [0, 0.05) is 43.2 Å². The third-order valence-corrected chi connectivity index (χ3v) is 9.97. The van der Waals surface area contributed by atoms with Crippen molar-refractivity contribution in [2.75, 3.05) is 24.5 Å². The fraction of sp³-hybridized carbons (Fsp3) is 0.448. The number of aromatic nitrogens is 1. The van der Waals surface area contributed by atoms with Gasteiger partial charge in [0.1, 0.15) is 6.10 Å². The molecule has 1 aliphatic heterocycles. The molecular weight excluding hydrogens is 626 g/mol. The van der Waals surface area contributed by atoms with E-state index in [1.807, 2.05) is 23.2 Å². The average Bonchev–Trinajstić information content (AvgIpc) is 3.48. The molecular formula is C29H32Cl4N4O3S. The predicted octanol–water partition coefficient (Wildman–Crippen LogP) is 6.78. The second-order valence-corrected chi connectivity index (χ2v) is 13.3. The second kappa shape index (κ2) is 13.2. The minimum absolute atomic E-state index is 0.0333. The first-order valence-electron chi connectivity index (χ1n) is 13.6. The van der Waals surface area contributed by atoms with Gasteiger partial charge in [-0.25, -0.2) is 4.98 Å². The monoisotopic (exact) mass is 656 g/mol. The highest BCUT2D eigenvalue weighted by molar-refractivity contribution is 7.15. The van der Waals surface area contributed by atoms with Crippen molar-refractivity contribution in [1.82, 2.24) is 9.88 Å². The lowest BCUT2D eigenvalue weighted by Crippen LogP contribution is -2.41. The number of hydrogen-bond acceptors (Lipinski definition) is 7. The molecule has 3 N–H and O–H groups in total. The topological polar surface area (TPSA) is 91.9 Å². The quantitative estimate of drug-likeness (QED) is 0.236. The lowest BCUT2D eigenvalue weighted by atomic mass is 10.0. The molecule has 2 fully saturated rings. The van der Waals surface area contributed by atoms with Gasteiger partial charge in [0.15, 0.2) is 10.9 Å². The average molecular weight is 658 g/mol. The van der Waals surface area contributed by atoms with Crippen LogP contribution in [-0.2, 0) is 17.8 Å². The number of nitrogens with two attached hydrogens (primary N) is 1. The van der Waals surface area contributed by atoms with E-state index >= 15 is 0 Å². The summed E-state index contributed by atoms with van der Waals surface area (Å²) in [5.74, 6) is 0.101.